The molecule has 1 amide bonds. The predicted molar refractivity (Wildman–Crippen MR) is 98.2 cm³/mol. The maximum Gasteiger partial charge on any atom is 0.254 e. The van der Waals surface area contributed by atoms with Gasteiger partial charge in [0.2, 0.25) is 0 Å². The van der Waals surface area contributed by atoms with Gasteiger partial charge in [-0.1, -0.05) is 30.3 Å². The van der Waals surface area contributed by atoms with Gasteiger partial charge < -0.3 is 4.90 Å². The van der Waals surface area contributed by atoms with E-state index in [4.69, 9.17) is 0 Å². The third-order valence-corrected chi connectivity index (χ3v) is 5.57. The van der Waals surface area contributed by atoms with E-state index >= 15 is 0 Å². The van der Waals surface area contributed by atoms with Crippen LogP contribution in [0.2, 0.25) is 0 Å². The molecule has 2 fully saturated rings. The second kappa shape index (κ2) is 7.36. The lowest BCUT2D eigenvalue weighted by Gasteiger charge is -2.35. The number of nitrogens with zero attached hydrogens (tertiary/aromatic N) is 3. The zero-order chi connectivity index (χ0) is 17.1. The van der Waals surface area contributed by atoms with E-state index in [2.05, 4.69) is 45.1 Å². The first-order valence-electron chi connectivity index (χ1n) is 9.32. The fraction of sp³-hybridized carbons (Fsp3) is 0.429. The summed E-state index contributed by atoms with van der Waals surface area (Å²) in [6.07, 6.45) is 8.05. The van der Waals surface area contributed by atoms with Crippen LogP contribution in [0.25, 0.3) is 0 Å². The largest absolute Gasteiger partial charge is 0.334 e. The molecule has 3 heterocycles. The molecule has 0 saturated carbocycles. The molecule has 25 heavy (non-hydrogen) atoms. The molecule has 2 saturated heterocycles. The average Bonchev–Trinajstić information content (AvgIpc) is 3.31. The first-order valence-corrected chi connectivity index (χ1v) is 9.32. The summed E-state index contributed by atoms with van der Waals surface area (Å²) in [5.74, 6) is 0.163. The van der Waals surface area contributed by atoms with Gasteiger partial charge in [-0.3, -0.25) is 14.7 Å². The zero-order valence-electron chi connectivity index (χ0n) is 14.6. The van der Waals surface area contributed by atoms with Crippen molar-refractivity contribution in [3.05, 3.63) is 66.0 Å². The lowest BCUT2D eigenvalue weighted by Crippen LogP contribution is -2.48. The first-order chi connectivity index (χ1) is 12.3. The van der Waals surface area contributed by atoms with Crippen LogP contribution < -0.4 is 0 Å². The van der Waals surface area contributed by atoms with Crippen molar-refractivity contribution in [3.63, 3.8) is 0 Å². The average molecular weight is 335 g/mol. The molecule has 1 aromatic carbocycles. The Hall–Kier alpha value is -2.20. The normalized spacial score (nSPS) is 23.9. The number of pyridine rings is 1. The van der Waals surface area contributed by atoms with Gasteiger partial charge >= 0.3 is 0 Å². The summed E-state index contributed by atoms with van der Waals surface area (Å²) in [6, 6.07) is 15.2. The van der Waals surface area contributed by atoms with Crippen LogP contribution in [0.15, 0.2) is 54.9 Å². The number of carbonyl (C=O) groups excluding carboxylic acids is 1. The minimum atomic E-state index is 0.163. The topological polar surface area (TPSA) is 36.4 Å². The van der Waals surface area contributed by atoms with E-state index in [0.717, 1.165) is 38.0 Å². The Labute approximate surface area is 149 Å². The fourth-order valence-corrected chi connectivity index (χ4v) is 4.41. The van der Waals surface area contributed by atoms with Crippen molar-refractivity contribution < 1.29 is 4.79 Å². The van der Waals surface area contributed by atoms with Crippen LogP contribution in [-0.2, 0) is 6.54 Å². The molecule has 4 rings (SSSR count). The van der Waals surface area contributed by atoms with E-state index in [1.54, 1.807) is 12.4 Å². The van der Waals surface area contributed by atoms with Crippen molar-refractivity contribution >= 4 is 5.91 Å². The molecule has 2 aliphatic rings. The number of hydrogen-bond donors (Lipinski definition) is 0. The lowest BCUT2D eigenvalue weighted by molar-refractivity contribution is 0.0639. The molecular formula is C21H25N3O. The molecular weight excluding hydrogens is 310 g/mol. The molecule has 0 unspecified atom stereocenters. The highest BCUT2D eigenvalue weighted by Crippen LogP contribution is 2.32. The summed E-state index contributed by atoms with van der Waals surface area (Å²) in [7, 11) is 0. The van der Waals surface area contributed by atoms with Crippen molar-refractivity contribution in [2.75, 3.05) is 13.1 Å². The van der Waals surface area contributed by atoms with Crippen molar-refractivity contribution in [2.45, 2.75) is 44.3 Å². The Bertz CT molecular complexity index is 704. The Morgan fingerprint density at radius 3 is 2.48 bits per heavy atom. The standard InChI is InChI=1S/C21H25N3O/c25-21(18-10-12-22-13-11-18)24-15-5-9-20(24)19-8-4-14-23(19)16-17-6-2-1-3-7-17/h1-3,6-7,10-13,19-20H,4-5,8-9,14-16H2/t19-,20-/m1/s1. The number of likely N-dealkylation sites (tertiary alicyclic amines) is 2. The van der Waals surface area contributed by atoms with Gasteiger partial charge in [-0.2, -0.15) is 0 Å². The second-order valence-electron chi connectivity index (χ2n) is 7.11. The molecule has 1 aromatic heterocycles. The van der Waals surface area contributed by atoms with Gasteiger partial charge in [0, 0.05) is 43.1 Å². The van der Waals surface area contributed by atoms with Gasteiger partial charge in [0.1, 0.15) is 0 Å². The number of aromatic nitrogens is 1. The van der Waals surface area contributed by atoms with Crippen LogP contribution in [-0.4, -0.2) is 45.9 Å². The smallest absolute Gasteiger partial charge is 0.254 e. The zero-order valence-corrected chi connectivity index (χ0v) is 14.6. The summed E-state index contributed by atoms with van der Waals surface area (Å²) in [4.78, 5) is 21.7. The Morgan fingerprint density at radius 1 is 0.960 bits per heavy atom. The molecule has 2 aliphatic heterocycles. The fourth-order valence-electron chi connectivity index (χ4n) is 4.41. The molecule has 0 bridgehead atoms. The van der Waals surface area contributed by atoms with Crippen LogP contribution in [0.5, 0.6) is 0 Å². The number of hydrogen-bond acceptors (Lipinski definition) is 3. The molecule has 0 N–H and O–H groups in total. The van der Waals surface area contributed by atoms with E-state index in [-0.39, 0.29) is 5.91 Å². The highest BCUT2D eigenvalue weighted by Gasteiger charge is 2.39. The van der Waals surface area contributed by atoms with Gasteiger partial charge in [0.25, 0.3) is 5.91 Å². The van der Waals surface area contributed by atoms with Crippen molar-refractivity contribution in [3.8, 4) is 0 Å². The number of rotatable bonds is 4. The van der Waals surface area contributed by atoms with E-state index in [1.807, 2.05) is 12.1 Å². The van der Waals surface area contributed by atoms with E-state index < -0.39 is 0 Å². The molecule has 4 heteroatoms. The molecule has 130 valence electrons. The minimum Gasteiger partial charge on any atom is -0.334 e. The third-order valence-electron chi connectivity index (χ3n) is 5.57. The van der Waals surface area contributed by atoms with Gasteiger partial charge in [-0.25, -0.2) is 0 Å². The maximum absolute atomic E-state index is 13.0. The summed E-state index contributed by atoms with van der Waals surface area (Å²) in [6.45, 7) is 2.99. The number of carbonyl (C=O) groups is 1. The van der Waals surface area contributed by atoms with Crippen molar-refractivity contribution in [1.82, 2.24) is 14.8 Å². The first kappa shape index (κ1) is 16.3. The summed E-state index contributed by atoms with van der Waals surface area (Å²) < 4.78 is 0. The highest BCUT2D eigenvalue weighted by molar-refractivity contribution is 5.94. The Balaban J connectivity index is 1.50. The quantitative estimate of drug-likeness (QED) is 0.860. The Kier molecular flexibility index (Phi) is 4.79. The van der Waals surface area contributed by atoms with E-state index in [9.17, 15) is 4.79 Å². The molecule has 0 radical (unpaired) electrons. The molecule has 2 atom stereocenters. The number of benzene rings is 1. The molecule has 0 spiro atoms. The van der Waals surface area contributed by atoms with E-state index in [1.165, 1.54) is 18.4 Å². The molecule has 2 aromatic rings. The molecule has 4 nitrogen and oxygen atoms in total. The highest BCUT2D eigenvalue weighted by atomic mass is 16.2. The van der Waals surface area contributed by atoms with Gasteiger partial charge in [0.05, 0.1) is 0 Å². The van der Waals surface area contributed by atoms with Crippen LogP contribution >= 0.6 is 0 Å². The summed E-state index contributed by atoms with van der Waals surface area (Å²) in [5, 5.41) is 0. The second-order valence-corrected chi connectivity index (χ2v) is 7.11. The summed E-state index contributed by atoms with van der Waals surface area (Å²) in [5.41, 5.74) is 2.12. The van der Waals surface area contributed by atoms with Gasteiger partial charge in [-0.15, -0.1) is 0 Å². The van der Waals surface area contributed by atoms with Crippen LogP contribution in [0.3, 0.4) is 0 Å². The molecule has 0 aliphatic carbocycles. The maximum atomic E-state index is 13.0. The predicted octanol–water partition coefficient (Wildman–Crippen LogP) is 3.35. The monoisotopic (exact) mass is 335 g/mol. The van der Waals surface area contributed by atoms with Crippen molar-refractivity contribution in [2.24, 2.45) is 0 Å². The van der Waals surface area contributed by atoms with Gasteiger partial charge in [0.15, 0.2) is 0 Å². The SMILES string of the molecule is O=C(c1ccncc1)N1CCC[C@@H]1[C@H]1CCCN1Cc1ccccc1. The van der Waals surface area contributed by atoms with E-state index in [0.29, 0.717) is 12.1 Å². The van der Waals surface area contributed by atoms with Crippen LogP contribution in [0.1, 0.15) is 41.6 Å². The minimum absolute atomic E-state index is 0.163. The van der Waals surface area contributed by atoms with Crippen LogP contribution in [0, 0.1) is 0 Å². The Morgan fingerprint density at radius 2 is 1.68 bits per heavy atom. The summed E-state index contributed by atoms with van der Waals surface area (Å²) >= 11 is 0. The van der Waals surface area contributed by atoms with Crippen molar-refractivity contribution in [1.29, 1.82) is 0 Å². The van der Waals surface area contributed by atoms with Gasteiger partial charge in [-0.05, 0) is 49.9 Å². The lowest BCUT2D eigenvalue weighted by atomic mass is 10.0. The van der Waals surface area contributed by atoms with Crippen LogP contribution in [0.4, 0.5) is 0 Å². The third kappa shape index (κ3) is 3.45. The number of amides is 1.